The summed E-state index contributed by atoms with van der Waals surface area (Å²) in [6, 6.07) is 5.64. The monoisotopic (exact) mass is 390 g/mol. The van der Waals surface area contributed by atoms with Crippen molar-refractivity contribution in [3.63, 3.8) is 0 Å². The van der Waals surface area contributed by atoms with Crippen molar-refractivity contribution in [3.05, 3.63) is 41.4 Å². The minimum absolute atomic E-state index is 0.00729. The summed E-state index contributed by atoms with van der Waals surface area (Å²) in [7, 11) is -3.69. The fourth-order valence-corrected chi connectivity index (χ4v) is 2.95. The largest absolute Gasteiger partial charge is 0.479 e. The predicted octanol–water partition coefficient (Wildman–Crippen LogP) is 1.23. The number of sulfone groups is 1. The Bertz CT molecular complexity index is 784. The van der Waals surface area contributed by atoms with Crippen LogP contribution < -0.4 is 0 Å². The van der Waals surface area contributed by atoms with Gasteiger partial charge in [0.25, 0.3) is 0 Å². The maximum Gasteiger partial charge on any atom is 0.341 e. The first-order chi connectivity index (χ1) is 11.6. The fraction of sp³-hybridized carbons (Fsp3) is 0.267. The molecule has 1 aromatic rings. The highest BCUT2D eigenvalue weighted by atomic mass is 35.5. The zero-order valence-electron chi connectivity index (χ0n) is 12.9. The van der Waals surface area contributed by atoms with Crippen molar-refractivity contribution >= 4 is 39.3 Å². The molecule has 0 spiro atoms. The van der Waals surface area contributed by atoms with E-state index in [1.165, 1.54) is 24.3 Å². The number of carbonyl (C=O) groups is 3. The molecule has 0 saturated heterocycles. The minimum Gasteiger partial charge on any atom is -0.479 e. The van der Waals surface area contributed by atoms with Crippen molar-refractivity contribution in [1.82, 2.24) is 0 Å². The maximum atomic E-state index is 12.1. The van der Waals surface area contributed by atoms with E-state index in [2.05, 4.69) is 11.3 Å². The van der Waals surface area contributed by atoms with Crippen molar-refractivity contribution < 1.29 is 37.4 Å². The lowest BCUT2D eigenvalue weighted by Gasteiger charge is -2.08. The molecule has 0 radical (unpaired) electrons. The van der Waals surface area contributed by atoms with Crippen LogP contribution in [0.4, 0.5) is 0 Å². The number of halogens is 1. The number of hydrogen-bond acceptors (Lipinski definition) is 7. The van der Waals surface area contributed by atoms with Crippen LogP contribution in [0.15, 0.2) is 41.3 Å². The van der Waals surface area contributed by atoms with Crippen LogP contribution in [0.3, 0.4) is 0 Å². The molecule has 1 rings (SSSR count). The highest BCUT2D eigenvalue weighted by Gasteiger charge is 2.18. The molecule has 0 aromatic heterocycles. The lowest BCUT2D eigenvalue weighted by Crippen LogP contribution is -2.19. The van der Waals surface area contributed by atoms with Gasteiger partial charge in [0.15, 0.2) is 16.4 Å². The van der Waals surface area contributed by atoms with Crippen LogP contribution in [-0.2, 0) is 33.7 Å². The van der Waals surface area contributed by atoms with E-state index in [0.717, 1.165) is 0 Å². The Morgan fingerprint density at radius 3 is 2.48 bits per heavy atom. The molecule has 10 heteroatoms. The average molecular weight is 391 g/mol. The minimum atomic E-state index is -3.69. The van der Waals surface area contributed by atoms with Crippen LogP contribution in [0.25, 0.3) is 0 Å². The molecule has 1 N–H and O–H groups in total. The molecule has 1 aromatic carbocycles. The smallest absolute Gasteiger partial charge is 0.341 e. The molecular weight excluding hydrogens is 376 g/mol. The molecule has 0 bridgehead atoms. The molecule has 136 valence electrons. The highest BCUT2D eigenvalue weighted by Crippen LogP contribution is 2.16. The van der Waals surface area contributed by atoms with Gasteiger partial charge in [0, 0.05) is 10.6 Å². The molecular formula is C15H15ClO8S. The Kier molecular flexibility index (Phi) is 7.59. The van der Waals surface area contributed by atoms with E-state index in [0.29, 0.717) is 0 Å². The van der Waals surface area contributed by atoms with Crippen molar-refractivity contribution in [2.75, 3.05) is 19.0 Å². The molecule has 0 aliphatic carbocycles. The number of ether oxygens (including phenoxy) is 2. The second-order valence-corrected chi connectivity index (χ2v) is 7.29. The van der Waals surface area contributed by atoms with Crippen molar-refractivity contribution in [1.29, 1.82) is 0 Å². The molecule has 25 heavy (non-hydrogen) atoms. The number of rotatable bonds is 9. The molecule has 0 atom stereocenters. The maximum absolute atomic E-state index is 12.1. The van der Waals surface area contributed by atoms with Gasteiger partial charge in [-0.2, -0.15) is 0 Å². The van der Waals surface area contributed by atoms with Gasteiger partial charge >= 0.3 is 17.9 Å². The Labute approximate surface area is 148 Å². The van der Waals surface area contributed by atoms with Gasteiger partial charge in [-0.05, 0) is 18.2 Å². The van der Waals surface area contributed by atoms with Crippen molar-refractivity contribution in [3.8, 4) is 0 Å². The number of carboxylic acids is 1. The van der Waals surface area contributed by atoms with Crippen LogP contribution in [0.5, 0.6) is 0 Å². The van der Waals surface area contributed by atoms with Gasteiger partial charge in [-0.1, -0.05) is 24.2 Å². The topological polar surface area (TPSA) is 124 Å². The Hall–Kier alpha value is -2.39. The Balaban J connectivity index is 2.47. The molecule has 0 amide bonds. The summed E-state index contributed by atoms with van der Waals surface area (Å²) in [5.41, 5.74) is -0.282. The summed E-state index contributed by atoms with van der Waals surface area (Å²) in [5, 5.41) is 8.61. The van der Waals surface area contributed by atoms with Crippen LogP contribution in [0.2, 0.25) is 5.02 Å². The standard InChI is InChI=1S/C15H15ClO8S/c1-10(7-14(19)24-9-13(17)18)15(20)23-5-6-25(21,22)12-4-2-3-11(16)8-12/h2-4,8H,1,5-7,9H2,(H,17,18). The van der Waals surface area contributed by atoms with E-state index in [9.17, 15) is 22.8 Å². The summed E-state index contributed by atoms with van der Waals surface area (Å²) in [6.07, 6.45) is -0.562. The van der Waals surface area contributed by atoms with Crippen LogP contribution >= 0.6 is 11.6 Å². The van der Waals surface area contributed by atoms with E-state index in [1.54, 1.807) is 0 Å². The second-order valence-electron chi connectivity index (χ2n) is 4.75. The van der Waals surface area contributed by atoms with Crippen molar-refractivity contribution in [2.24, 2.45) is 0 Å². The normalized spacial score (nSPS) is 10.8. The van der Waals surface area contributed by atoms with E-state index >= 15 is 0 Å². The summed E-state index contributed by atoms with van der Waals surface area (Å²) in [6.45, 7) is 2.04. The number of aliphatic carboxylic acids is 1. The first-order valence-corrected chi connectivity index (χ1v) is 8.85. The van der Waals surface area contributed by atoms with Gasteiger partial charge in [-0.3, -0.25) is 4.79 Å². The van der Waals surface area contributed by atoms with Gasteiger partial charge in [-0.15, -0.1) is 0 Å². The average Bonchev–Trinajstić information content (AvgIpc) is 2.52. The van der Waals surface area contributed by atoms with Crippen LogP contribution in [0.1, 0.15) is 6.42 Å². The lowest BCUT2D eigenvalue weighted by molar-refractivity contribution is -0.155. The summed E-state index contributed by atoms with van der Waals surface area (Å²) >= 11 is 5.73. The Morgan fingerprint density at radius 1 is 1.20 bits per heavy atom. The number of benzene rings is 1. The van der Waals surface area contributed by atoms with Gasteiger partial charge in [0.2, 0.25) is 0 Å². The first-order valence-electron chi connectivity index (χ1n) is 6.82. The third-order valence-electron chi connectivity index (χ3n) is 2.74. The molecule has 0 aliphatic rings. The van der Waals surface area contributed by atoms with E-state index in [4.69, 9.17) is 21.4 Å². The van der Waals surface area contributed by atoms with Gasteiger partial charge in [0.05, 0.1) is 17.1 Å². The third-order valence-corrected chi connectivity index (χ3v) is 4.65. The molecule has 0 aliphatic heterocycles. The number of hydrogen-bond donors (Lipinski definition) is 1. The zero-order chi connectivity index (χ0) is 19.0. The highest BCUT2D eigenvalue weighted by molar-refractivity contribution is 7.91. The van der Waals surface area contributed by atoms with Gasteiger partial charge in [0.1, 0.15) is 6.61 Å². The summed E-state index contributed by atoms with van der Waals surface area (Å²) in [5.74, 6) is -3.76. The first kappa shape index (κ1) is 20.7. The van der Waals surface area contributed by atoms with E-state index < -0.39 is 53.1 Å². The molecule has 0 heterocycles. The van der Waals surface area contributed by atoms with Gasteiger partial charge < -0.3 is 14.6 Å². The molecule has 0 fully saturated rings. The van der Waals surface area contributed by atoms with E-state index in [1.807, 2.05) is 0 Å². The number of carbonyl (C=O) groups excluding carboxylic acids is 2. The molecule has 8 nitrogen and oxygen atoms in total. The van der Waals surface area contributed by atoms with Crippen molar-refractivity contribution in [2.45, 2.75) is 11.3 Å². The predicted molar refractivity (Wildman–Crippen MR) is 86.8 cm³/mol. The quantitative estimate of drug-likeness (QED) is 0.493. The fourth-order valence-electron chi connectivity index (χ4n) is 1.56. The number of carboxylic acid groups (broad SMARTS) is 1. The summed E-state index contributed by atoms with van der Waals surface area (Å²) < 4.78 is 33.2. The molecule has 0 unspecified atom stereocenters. The van der Waals surface area contributed by atoms with Crippen LogP contribution in [-0.4, -0.2) is 50.4 Å². The lowest BCUT2D eigenvalue weighted by atomic mass is 10.2. The zero-order valence-corrected chi connectivity index (χ0v) is 14.5. The van der Waals surface area contributed by atoms with E-state index in [-0.39, 0.29) is 15.5 Å². The second kappa shape index (κ2) is 9.19. The third kappa shape index (κ3) is 7.36. The number of esters is 2. The SMILES string of the molecule is C=C(CC(=O)OCC(=O)O)C(=O)OCCS(=O)(=O)c1cccc(Cl)c1. The summed E-state index contributed by atoms with van der Waals surface area (Å²) in [4.78, 5) is 33.1. The van der Waals surface area contributed by atoms with Gasteiger partial charge in [-0.25, -0.2) is 18.0 Å². The van der Waals surface area contributed by atoms with Crippen LogP contribution in [0, 0.1) is 0 Å². The molecule has 0 saturated carbocycles. The Morgan fingerprint density at radius 2 is 1.88 bits per heavy atom.